The number of nitrogens with one attached hydrogen (secondary N) is 1. The molecule has 1 amide bonds. The Kier molecular flexibility index (Phi) is 5.27. The van der Waals surface area contributed by atoms with Gasteiger partial charge in [-0.25, -0.2) is 0 Å². The maximum Gasteiger partial charge on any atom is 0.573 e. The van der Waals surface area contributed by atoms with Crippen molar-refractivity contribution in [3.63, 3.8) is 0 Å². The van der Waals surface area contributed by atoms with Crippen molar-refractivity contribution in [2.45, 2.75) is 19.4 Å². The highest BCUT2D eigenvalue weighted by Crippen LogP contribution is 2.24. The molecule has 0 spiro atoms. The molecule has 0 fully saturated rings. The Hall–Kier alpha value is -2.06. The van der Waals surface area contributed by atoms with Crippen LogP contribution in [0.4, 0.5) is 13.2 Å². The molecular weight excluding hydrogens is 331 g/mol. The van der Waals surface area contributed by atoms with E-state index in [4.69, 9.17) is 0 Å². The molecule has 0 saturated heterocycles. The molecule has 23 heavy (non-hydrogen) atoms. The first kappa shape index (κ1) is 17.3. The number of aliphatic hydroxyl groups is 1. The van der Waals surface area contributed by atoms with E-state index in [2.05, 4.69) is 10.1 Å². The lowest BCUT2D eigenvalue weighted by Gasteiger charge is -2.12. The number of halogens is 3. The van der Waals surface area contributed by atoms with Gasteiger partial charge in [-0.2, -0.15) is 0 Å². The number of aliphatic hydroxyl groups excluding tert-OH is 1. The SMILES string of the molecule is Cc1ccsc1C(O)CNC(=O)c1ccc(OC(F)(F)F)cc1. The number of ether oxygens (including phenoxy) is 1. The summed E-state index contributed by atoms with van der Waals surface area (Å²) in [7, 11) is 0. The molecule has 0 bridgehead atoms. The van der Waals surface area contributed by atoms with Crippen LogP contribution >= 0.6 is 11.3 Å². The van der Waals surface area contributed by atoms with Crippen molar-refractivity contribution in [2.75, 3.05) is 6.54 Å². The second kappa shape index (κ2) is 7.01. The van der Waals surface area contributed by atoms with E-state index in [-0.39, 0.29) is 12.1 Å². The lowest BCUT2D eigenvalue weighted by atomic mass is 10.2. The van der Waals surface area contributed by atoms with E-state index in [1.165, 1.54) is 23.5 Å². The molecule has 2 aromatic rings. The highest BCUT2D eigenvalue weighted by molar-refractivity contribution is 7.10. The van der Waals surface area contributed by atoms with Crippen LogP contribution < -0.4 is 10.1 Å². The summed E-state index contributed by atoms with van der Waals surface area (Å²) in [5.41, 5.74) is 1.11. The van der Waals surface area contributed by atoms with E-state index in [0.29, 0.717) is 0 Å². The van der Waals surface area contributed by atoms with Crippen LogP contribution in [0.1, 0.15) is 26.9 Å². The van der Waals surface area contributed by atoms with Crippen molar-refractivity contribution >= 4 is 17.2 Å². The van der Waals surface area contributed by atoms with Crippen LogP contribution in [-0.2, 0) is 0 Å². The van der Waals surface area contributed by atoms with Gasteiger partial charge in [0, 0.05) is 17.0 Å². The van der Waals surface area contributed by atoms with Crippen molar-refractivity contribution < 1.29 is 27.8 Å². The molecule has 8 heteroatoms. The molecule has 1 atom stereocenters. The molecule has 0 aliphatic carbocycles. The van der Waals surface area contributed by atoms with Gasteiger partial charge >= 0.3 is 6.36 Å². The van der Waals surface area contributed by atoms with E-state index < -0.39 is 24.1 Å². The Morgan fingerprint density at radius 2 is 1.96 bits per heavy atom. The molecule has 0 aliphatic rings. The second-order valence-corrected chi connectivity index (χ2v) is 5.71. The van der Waals surface area contributed by atoms with Gasteiger partial charge in [-0.3, -0.25) is 4.79 Å². The van der Waals surface area contributed by atoms with E-state index >= 15 is 0 Å². The van der Waals surface area contributed by atoms with Crippen molar-refractivity contribution in [3.05, 3.63) is 51.7 Å². The van der Waals surface area contributed by atoms with E-state index in [1.54, 1.807) is 0 Å². The van der Waals surface area contributed by atoms with Gasteiger partial charge in [-0.15, -0.1) is 24.5 Å². The van der Waals surface area contributed by atoms with Crippen LogP contribution in [0.2, 0.25) is 0 Å². The Balaban J connectivity index is 1.92. The van der Waals surface area contributed by atoms with Crippen molar-refractivity contribution in [1.82, 2.24) is 5.32 Å². The highest BCUT2D eigenvalue weighted by atomic mass is 32.1. The summed E-state index contributed by atoms with van der Waals surface area (Å²) in [5, 5.41) is 14.4. The van der Waals surface area contributed by atoms with Gasteiger partial charge in [-0.1, -0.05) is 0 Å². The monoisotopic (exact) mass is 345 g/mol. The summed E-state index contributed by atoms with van der Waals surface area (Å²) in [6, 6.07) is 6.42. The van der Waals surface area contributed by atoms with Gasteiger partial charge in [0.15, 0.2) is 0 Å². The zero-order valence-electron chi connectivity index (χ0n) is 12.1. The van der Waals surface area contributed by atoms with Crippen LogP contribution in [0.25, 0.3) is 0 Å². The molecule has 4 nitrogen and oxygen atoms in total. The number of carbonyl (C=O) groups excluding carboxylic acids is 1. The number of carbonyl (C=O) groups is 1. The van der Waals surface area contributed by atoms with E-state index in [9.17, 15) is 23.1 Å². The van der Waals surface area contributed by atoms with Crippen LogP contribution in [0.3, 0.4) is 0 Å². The van der Waals surface area contributed by atoms with Gasteiger partial charge in [0.1, 0.15) is 11.9 Å². The van der Waals surface area contributed by atoms with E-state index in [0.717, 1.165) is 22.6 Å². The molecule has 2 rings (SSSR count). The smallest absolute Gasteiger partial charge is 0.406 e. The van der Waals surface area contributed by atoms with Gasteiger partial charge in [-0.05, 0) is 48.2 Å². The average Bonchev–Trinajstić information content (AvgIpc) is 2.90. The Morgan fingerprint density at radius 3 is 2.48 bits per heavy atom. The van der Waals surface area contributed by atoms with Crippen molar-refractivity contribution in [1.29, 1.82) is 0 Å². The van der Waals surface area contributed by atoms with Crippen LogP contribution in [0.5, 0.6) is 5.75 Å². The van der Waals surface area contributed by atoms with Crippen molar-refractivity contribution in [3.8, 4) is 5.75 Å². The molecule has 2 N–H and O–H groups in total. The molecule has 0 aliphatic heterocycles. The minimum Gasteiger partial charge on any atom is -0.406 e. The quantitative estimate of drug-likeness (QED) is 0.873. The summed E-state index contributed by atoms with van der Waals surface area (Å²) in [6.45, 7) is 1.87. The normalized spacial score (nSPS) is 12.7. The van der Waals surface area contributed by atoms with Crippen LogP contribution in [0, 0.1) is 6.92 Å². The third kappa shape index (κ3) is 4.97. The third-order valence-corrected chi connectivity index (χ3v) is 4.13. The first-order valence-corrected chi connectivity index (χ1v) is 7.50. The molecule has 0 saturated carbocycles. The summed E-state index contributed by atoms with van der Waals surface area (Å²) in [5.74, 6) is -0.889. The molecule has 1 aromatic heterocycles. The van der Waals surface area contributed by atoms with E-state index in [1.807, 2.05) is 18.4 Å². The number of thiophene rings is 1. The van der Waals surface area contributed by atoms with Gasteiger partial charge < -0.3 is 15.2 Å². The molecule has 0 radical (unpaired) electrons. The zero-order chi connectivity index (χ0) is 17.0. The summed E-state index contributed by atoms with van der Waals surface area (Å²) >= 11 is 1.39. The zero-order valence-corrected chi connectivity index (χ0v) is 12.9. The lowest BCUT2D eigenvalue weighted by molar-refractivity contribution is -0.274. The predicted octanol–water partition coefficient (Wildman–Crippen LogP) is 3.42. The minimum absolute atomic E-state index is 0.0149. The maximum atomic E-state index is 12.0. The topological polar surface area (TPSA) is 58.6 Å². The fraction of sp³-hybridized carbons (Fsp3) is 0.267. The van der Waals surface area contributed by atoms with Crippen molar-refractivity contribution in [2.24, 2.45) is 0 Å². The molecule has 1 aromatic carbocycles. The number of alkyl halides is 3. The summed E-state index contributed by atoms with van der Waals surface area (Å²) in [4.78, 5) is 12.7. The molecule has 1 heterocycles. The lowest BCUT2D eigenvalue weighted by Crippen LogP contribution is -2.28. The number of benzene rings is 1. The number of amides is 1. The Morgan fingerprint density at radius 1 is 1.30 bits per heavy atom. The summed E-state index contributed by atoms with van der Waals surface area (Å²) < 4.78 is 39.9. The first-order chi connectivity index (χ1) is 10.8. The number of hydrogen-bond donors (Lipinski definition) is 2. The molecule has 1 unspecified atom stereocenters. The standard InChI is InChI=1S/C15H14F3NO3S/c1-9-6-7-23-13(9)12(20)8-19-14(21)10-2-4-11(5-3-10)22-15(16,17)18/h2-7,12,20H,8H2,1H3,(H,19,21). The fourth-order valence-corrected chi connectivity index (χ4v) is 2.83. The molecule has 124 valence electrons. The number of rotatable bonds is 5. The Labute approximate surface area is 134 Å². The maximum absolute atomic E-state index is 12.0. The second-order valence-electron chi connectivity index (χ2n) is 4.77. The predicted molar refractivity (Wildman–Crippen MR) is 79.5 cm³/mol. The fourth-order valence-electron chi connectivity index (χ4n) is 1.92. The number of aryl methyl sites for hydroxylation is 1. The molecular formula is C15H14F3NO3S. The van der Waals surface area contributed by atoms with Crippen LogP contribution in [0.15, 0.2) is 35.7 Å². The van der Waals surface area contributed by atoms with Crippen LogP contribution in [-0.4, -0.2) is 23.9 Å². The highest BCUT2D eigenvalue weighted by Gasteiger charge is 2.31. The summed E-state index contributed by atoms with van der Waals surface area (Å²) in [6.07, 6.45) is -5.60. The minimum atomic E-state index is -4.77. The first-order valence-electron chi connectivity index (χ1n) is 6.62. The number of hydrogen-bond acceptors (Lipinski definition) is 4. The largest absolute Gasteiger partial charge is 0.573 e. The van der Waals surface area contributed by atoms with Gasteiger partial charge in [0.25, 0.3) is 5.91 Å². The van der Waals surface area contributed by atoms with Gasteiger partial charge in [0.2, 0.25) is 0 Å². The third-order valence-electron chi connectivity index (χ3n) is 3.01. The Bertz CT molecular complexity index is 667. The average molecular weight is 345 g/mol. The van der Waals surface area contributed by atoms with Gasteiger partial charge in [0.05, 0.1) is 0 Å².